The largest absolute Gasteiger partial charge is 0.469 e. The third-order valence-corrected chi connectivity index (χ3v) is 3.11. The number of carbonyl (C=O) groups excluding carboxylic acids is 2. The molecule has 0 heterocycles. The first-order chi connectivity index (χ1) is 8.95. The van der Waals surface area contributed by atoms with E-state index in [1.165, 1.54) is 7.11 Å². The summed E-state index contributed by atoms with van der Waals surface area (Å²) in [5.41, 5.74) is 1.41. The smallest absolute Gasteiger partial charge is 0.319 e. The summed E-state index contributed by atoms with van der Waals surface area (Å²) >= 11 is 6.06. The van der Waals surface area contributed by atoms with E-state index in [1.54, 1.807) is 19.1 Å². The number of ether oxygens (including phenoxy) is 1. The van der Waals surface area contributed by atoms with Crippen molar-refractivity contribution >= 4 is 29.3 Å². The lowest BCUT2D eigenvalue weighted by molar-refractivity contribution is -0.144. The maximum atomic E-state index is 11.7. The van der Waals surface area contributed by atoms with Crippen molar-refractivity contribution in [3.8, 4) is 0 Å². The van der Waals surface area contributed by atoms with Gasteiger partial charge < -0.3 is 15.4 Å². The Balaban J connectivity index is 2.52. The highest BCUT2D eigenvalue weighted by Crippen LogP contribution is 2.24. The highest BCUT2D eigenvalue weighted by atomic mass is 35.5. The number of amides is 2. The van der Waals surface area contributed by atoms with Crippen LogP contribution in [0.5, 0.6) is 0 Å². The molecule has 1 aromatic rings. The lowest BCUT2D eigenvalue weighted by Gasteiger charge is -2.12. The Bertz CT molecular complexity index is 477. The fourth-order valence-corrected chi connectivity index (χ4v) is 1.61. The SMILES string of the molecule is COC(=O)[C@H](C)CNC(=O)Nc1cccc(C)c1Cl. The van der Waals surface area contributed by atoms with Gasteiger partial charge in [0, 0.05) is 6.54 Å². The number of halogens is 1. The van der Waals surface area contributed by atoms with Crippen molar-refractivity contribution in [1.29, 1.82) is 0 Å². The number of nitrogens with one attached hydrogen (secondary N) is 2. The van der Waals surface area contributed by atoms with Crippen LogP contribution in [0.15, 0.2) is 18.2 Å². The van der Waals surface area contributed by atoms with Crippen LogP contribution in [0.4, 0.5) is 10.5 Å². The van der Waals surface area contributed by atoms with Crippen LogP contribution in [-0.4, -0.2) is 25.7 Å². The second-order valence-electron chi connectivity index (χ2n) is 4.20. The lowest BCUT2D eigenvalue weighted by Crippen LogP contribution is -2.35. The van der Waals surface area contributed by atoms with Crippen molar-refractivity contribution < 1.29 is 14.3 Å². The number of esters is 1. The van der Waals surface area contributed by atoms with Crippen molar-refractivity contribution in [2.45, 2.75) is 13.8 Å². The fraction of sp³-hybridized carbons (Fsp3) is 0.385. The molecule has 19 heavy (non-hydrogen) atoms. The Labute approximate surface area is 117 Å². The second-order valence-corrected chi connectivity index (χ2v) is 4.57. The van der Waals surface area contributed by atoms with E-state index >= 15 is 0 Å². The van der Waals surface area contributed by atoms with Crippen molar-refractivity contribution in [3.63, 3.8) is 0 Å². The summed E-state index contributed by atoms with van der Waals surface area (Å²) in [5, 5.41) is 5.71. The van der Waals surface area contributed by atoms with Crippen LogP contribution in [0.1, 0.15) is 12.5 Å². The molecule has 0 spiro atoms. The van der Waals surface area contributed by atoms with Gasteiger partial charge in [-0.3, -0.25) is 4.79 Å². The summed E-state index contributed by atoms with van der Waals surface area (Å²) in [7, 11) is 1.31. The number of rotatable bonds is 4. The standard InChI is InChI=1S/C13H17ClN2O3/c1-8-5-4-6-10(11(8)14)16-13(18)15-7-9(2)12(17)19-3/h4-6,9H,7H2,1-3H3,(H2,15,16,18)/t9-/m1/s1. The molecule has 1 rings (SSSR count). The zero-order chi connectivity index (χ0) is 14.4. The number of hydrogen-bond donors (Lipinski definition) is 2. The third kappa shape index (κ3) is 4.44. The average Bonchev–Trinajstić information content (AvgIpc) is 2.40. The minimum atomic E-state index is -0.414. The first kappa shape index (κ1) is 15.3. The number of urea groups is 1. The van der Waals surface area contributed by atoms with E-state index in [0.29, 0.717) is 10.7 Å². The van der Waals surface area contributed by atoms with Crippen molar-refractivity contribution in [2.75, 3.05) is 19.0 Å². The van der Waals surface area contributed by atoms with E-state index in [-0.39, 0.29) is 12.5 Å². The molecular weight excluding hydrogens is 268 g/mol. The van der Waals surface area contributed by atoms with Gasteiger partial charge in [-0.05, 0) is 18.6 Å². The molecule has 0 aromatic heterocycles. The van der Waals surface area contributed by atoms with Crippen LogP contribution in [0.3, 0.4) is 0 Å². The molecule has 0 fully saturated rings. The molecule has 5 nitrogen and oxygen atoms in total. The van der Waals surface area contributed by atoms with Crippen molar-refractivity contribution in [3.05, 3.63) is 28.8 Å². The summed E-state index contributed by atoms with van der Waals surface area (Å²) in [4.78, 5) is 22.8. The molecule has 2 amide bonds. The zero-order valence-corrected chi connectivity index (χ0v) is 11.9. The Morgan fingerprint density at radius 3 is 2.74 bits per heavy atom. The predicted octanol–water partition coefficient (Wildman–Crippen LogP) is 2.58. The quantitative estimate of drug-likeness (QED) is 0.835. The molecule has 0 saturated heterocycles. The van der Waals surface area contributed by atoms with Crippen LogP contribution >= 0.6 is 11.6 Å². The van der Waals surface area contributed by atoms with Gasteiger partial charge in [-0.1, -0.05) is 30.7 Å². The van der Waals surface area contributed by atoms with Gasteiger partial charge in [0.1, 0.15) is 0 Å². The number of anilines is 1. The van der Waals surface area contributed by atoms with Gasteiger partial charge in [-0.25, -0.2) is 4.79 Å². The molecule has 0 aliphatic heterocycles. The Hall–Kier alpha value is -1.75. The molecule has 1 aromatic carbocycles. The molecule has 0 saturated carbocycles. The topological polar surface area (TPSA) is 67.4 Å². The van der Waals surface area contributed by atoms with Crippen LogP contribution in [-0.2, 0) is 9.53 Å². The van der Waals surface area contributed by atoms with Crippen LogP contribution in [0.25, 0.3) is 0 Å². The molecule has 0 aliphatic carbocycles. The monoisotopic (exact) mass is 284 g/mol. The van der Waals surface area contributed by atoms with E-state index in [4.69, 9.17) is 11.6 Å². The summed E-state index contributed by atoms with van der Waals surface area (Å²) < 4.78 is 4.57. The number of hydrogen-bond acceptors (Lipinski definition) is 3. The molecular formula is C13H17ClN2O3. The maximum absolute atomic E-state index is 11.7. The Morgan fingerprint density at radius 2 is 2.11 bits per heavy atom. The van der Waals surface area contributed by atoms with Crippen molar-refractivity contribution in [2.24, 2.45) is 5.92 Å². The lowest BCUT2D eigenvalue weighted by atomic mass is 10.2. The van der Waals surface area contributed by atoms with Gasteiger partial charge in [0.05, 0.1) is 23.7 Å². The summed E-state index contributed by atoms with van der Waals surface area (Å²) in [5.74, 6) is -0.766. The molecule has 0 aliphatic rings. The Kier molecular flexibility index (Phi) is 5.63. The normalized spacial score (nSPS) is 11.6. The minimum Gasteiger partial charge on any atom is -0.469 e. The molecule has 104 valence electrons. The van der Waals surface area contributed by atoms with E-state index in [9.17, 15) is 9.59 Å². The van der Waals surface area contributed by atoms with Gasteiger partial charge in [-0.15, -0.1) is 0 Å². The van der Waals surface area contributed by atoms with Gasteiger partial charge in [-0.2, -0.15) is 0 Å². The van der Waals surface area contributed by atoms with Gasteiger partial charge in [0.25, 0.3) is 0 Å². The molecule has 0 unspecified atom stereocenters. The van der Waals surface area contributed by atoms with Crippen molar-refractivity contribution in [1.82, 2.24) is 5.32 Å². The predicted molar refractivity (Wildman–Crippen MR) is 74.4 cm³/mol. The fourth-order valence-electron chi connectivity index (χ4n) is 1.44. The summed E-state index contributed by atoms with van der Waals surface area (Å²) in [6.07, 6.45) is 0. The first-order valence-electron chi connectivity index (χ1n) is 5.83. The summed E-state index contributed by atoms with van der Waals surface area (Å²) in [6.45, 7) is 3.72. The van der Waals surface area contributed by atoms with Gasteiger partial charge >= 0.3 is 12.0 Å². The van der Waals surface area contributed by atoms with E-state index in [0.717, 1.165) is 5.56 Å². The highest BCUT2D eigenvalue weighted by molar-refractivity contribution is 6.34. The molecule has 0 bridgehead atoms. The first-order valence-corrected chi connectivity index (χ1v) is 6.21. The number of aryl methyl sites for hydroxylation is 1. The van der Waals surface area contributed by atoms with Crippen LogP contribution < -0.4 is 10.6 Å². The minimum absolute atomic E-state index is 0.196. The zero-order valence-electron chi connectivity index (χ0n) is 11.1. The van der Waals surface area contributed by atoms with E-state index < -0.39 is 11.9 Å². The molecule has 2 N–H and O–H groups in total. The van der Waals surface area contributed by atoms with Crippen LogP contribution in [0, 0.1) is 12.8 Å². The second kappa shape index (κ2) is 6.99. The number of carbonyl (C=O) groups is 2. The maximum Gasteiger partial charge on any atom is 0.319 e. The third-order valence-electron chi connectivity index (χ3n) is 2.61. The molecule has 0 radical (unpaired) electrons. The van der Waals surface area contributed by atoms with Gasteiger partial charge in [0.15, 0.2) is 0 Å². The Morgan fingerprint density at radius 1 is 1.42 bits per heavy atom. The number of benzene rings is 1. The van der Waals surface area contributed by atoms with E-state index in [2.05, 4.69) is 15.4 Å². The van der Waals surface area contributed by atoms with E-state index in [1.807, 2.05) is 13.0 Å². The average molecular weight is 285 g/mol. The van der Waals surface area contributed by atoms with Gasteiger partial charge in [0.2, 0.25) is 0 Å². The summed E-state index contributed by atoms with van der Waals surface area (Å²) in [6, 6.07) is 4.94. The highest BCUT2D eigenvalue weighted by Gasteiger charge is 2.14. The molecule has 1 atom stereocenters. The van der Waals surface area contributed by atoms with Crippen LogP contribution in [0.2, 0.25) is 5.02 Å². The number of methoxy groups -OCH3 is 1. The molecule has 6 heteroatoms.